The Labute approximate surface area is 111 Å². The summed E-state index contributed by atoms with van der Waals surface area (Å²) in [5.74, 6) is -0.450. The van der Waals surface area contributed by atoms with Gasteiger partial charge in [-0.2, -0.15) is 10.4 Å². The van der Waals surface area contributed by atoms with Crippen LogP contribution >= 0.6 is 15.9 Å². The van der Waals surface area contributed by atoms with Gasteiger partial charge < -0.3 is 10.5 Å². The zero-order valence-electron chi connectivity index (χ0n) is 9.13. The molecule has 0 amide bonds. The van der Waals surface area contributed by atoms with E-state index >= 15 is 0 Å². The number of benzene rings is 1. The summed E-state index contributed by atoms with van der Waals surface area (Å²) in [4.78, 5) is 9.99. The molecule has 0 fully saturated rings. The molecule has 0 bridgehead atoms. The van der Waals surface area contributed by atoms with Crippen molar-refractivity contribution in [3.63, 3.8) is 0 Å². The third-order valence-electron chi connectivity index (χ3n) is 1.92. The second-order valence-corrected chi connectivity index (χ2v) is 4.11. The fourth-order valence-electron chi connectivity index (χ4n) is 1.13. The van der Waals surface area contributed by atoms with Crippen molar-refractivity contribution in [3.05, 3.63) is 32.3 Å². The van der Waals surface area contributed by atoms with Gasteiger partial charge in [-0.25, -0.2) is 0 Å². The molecular formula is C10H9BrN4O3. The van der Waals surface area contributed by atoms with Gasteiger partial charge in [-0.1, -0.05) is 15.9 Å². The van der Waals surface area contributed by atoms with E-state index in [-0.39, 0.29) is 5.56 Å². The molecule has 0 aliphatic heterocycles. The number of hydrogen-bond acceptors (Lipinski definition) is 6. The molecule has 0 saturated heterocycles. The number of hydrazone groups is 1. The van der Waals surface area contributed by atoms with Crippen molar-refractivity contribution in [3.8, 4) is 11.8 Å². The molecule has 0 aliphatic rings. The molecule has 94 valence electrons. The molecule has 0 aliphatic carbocycles. The summed E-state index contributed by atoms with van der Waals surface area (Å²) >= 11 is 3.11. The molecule has 0 spiro atoms. The smallest absolute Gasteiger partial charge is 0.312 e. The summed E-state index contributed by atoms with van der Waals surface area (Å²) in [6.07, 6.45) is 1.55. The minimum atomic E-state index is -0.680. The standard InChI is InChI=1S/C10H9BrN4O3/c11-8-4-7(6-14-13-3-1-2-12)10(16)9(5-8)15(17)18/h4-6,13,16H,1,3H2/b14-6-. The number of nitrogens with zero attached hydrogens (tertiary/aromatic N) is 3. The van der Waals surface area contributed by atoms with E-state index in [9.17, 15) is 15.2 Å². The number of rotatable bonds is 5. The van der Waals surface area contributed by atoms with E-state index in [0.29, 0.717) is 17.4 Å². The van der Waals surface area contributed by atoms with Crippen LogP contribution in [0.3, 0.4) is 0 Å². The number of nitriles is 1. The third kappa shape index (κ3) is 3.71. The fourth-order valence-corrected chi connectivity index (χ4v) is 1.60. The zero-order valence-corrected chi connectivity index (χ0v) is 10.7. The van der Waals surface area contributed by atoms with E-state index in [0.717, 1.165) is 0 Å². The van der Waals surface area contributed by atoms with E-state index < -0.39 is 16.4 Å². The molecule has 2 N–H and O–H groups in total. The Balaban J connectivity index is 2.89. The van der Waals surface area contributed by atoms with Crippen molar-refractivity contribution in [1.82, 2.24) is 5.43 Å². The van der Waals surface area contributed by atoms with Gasteiger partial charge in [0.05, 0.1) is 23.6 Å². The predicted molar refractivity (Wildman–Crippen MR) is 68.3 cm³/mol. The number of aromatic hydroxyl groups is 1. The molecule has 0 radical (unpaired) electrons. The van der Waals surface area contributed by atoms with E-state index in [1.807, 2.05) is 6.07 Å². The van der Waals surface area contributed by atoms with Gasteiger partial charge in [0.15, 0.2) is 0 Å². The summed E-state index contributed by atoms with van der Waals surface area (Å²) in [5, 5.41) is 32.4. The van der Waals surface area contributed by atoms with Gasteiger partial charge >= 0.3 is 5.69 Å². The van der Waals surface area contributed by atoms with Gasteiger partial charge in [-0.15, -0.1) is 0 Å². The molecule has 1 rings (SSSR count). The number of hydrogen-bond donors (Lipinski definition) is 2. The normalized spacial score (nSPS) is 10.2. The van der Waals surface area contributed by atoms with Gasteiger partial charge in [-0.3, -0.25) is 10.1 Å². The summed E-state index contributed by atoms with van der Waals surface area (Å²) < 4.78 is 0.463. The number of phenols is 1. The first-order valence-corrected chi connectivity index (χ1v) is 5.65. The maximum atomic E-state index is 10.7. The monoisotopic (exact) mass is 312 g/mol. The number of halogens is 1. The highest BCUT2D eigenvalue weighted by molar-refractivity contribution is 9.10. The van der Waals surface area contributed by atoms with Gasteiger partial charge in [0.1, 0.15) is 0 Å². The SMILES string of the molecule is N#CCCN/N=C\c1cc(Br)cc([N+](=O)[O-])c1O. The maximum Gasteiger partial charge on any atom is 0.312 e. The number of nitro benzene ring substituents is 1. The van der Waals surface area contributed by atoms with Crippen LogP contribution in [0.4, 0.5) is 5.69 Å². The lowest BCUT2D eigenvalue weighted by molar-refractivity contribution is -0.385. The van der Waals surface area contributed by atoms with Crippen LogP contribution in [-0.4, -0.2) is 22.8 Å². The Morgan fingerprint density at radius 2 is 2.39 bits per heavy atom. The average molecular weight is 313 g/mol. The lowest BCUT2D eigenvalue weighted by Crippen LogP contribution is -2.06. The largest absolute Gasteiger partial charge is 0.502 e. The van der Waals surface area contributed by atoms with Crippen molar-refractivity contribution in [2.24, 2.45) is 5.10 Å². The molecule has 18 heavy (non-hydrogen) atoms. The van der Waals surface area contributed by atoms with Crippen molar-refractivity contribution in [2.45, 2.75) is 6.42 Å². The summed E-state index contributed by atoms with van der Waals surface area (Å²) in [6.45, 7) is 0.365. The molecule has 7 nitrogen and oxygen atoms in total. The van der Waals surface area contributed by atoms with Crippen LogP contribution in [0.25, 0.3) is 0 Å². The van der Waals surface area contributed by atoms with Crippen LogP contribution in [0.2, 0.25) is 0 Å². The zero-order chi connectivity index (χ0) is 13.5. The van der Waals surface area contributed by atoms with Gasteiger partial charge in [0.25, 0.3) is 0 Å². The Hall–Kier alpha value is -2.14. The quantitative estimate of drug-likeness (QED) is 0.373. The van der Waals surface area contributed by atoms with E-state index in [4.69, 9.17) is 5.26 Å². The first-order chi connectivity index (χ1) is 8.56. The molecular weight excluding hydrogens is 304 g/mol. The molecule has 8 heteroatoms. The van der Waals surface area contributed by atoms with E-state index in [1.165, 1.54) is 18.3 Å². The van der Waals surface area contributed by atoms with Crippen LogP contribution < -0.4 is 5.43 Å². The van der Waals surface area contributed by atoms with Gasteiger partial charge in [0, 0.05) is 22.6 Å². The summed E-state index contributed by atoms with van der Waals surface area (Å²) in [5.41, 5.74) is 2.39. The molecule has 0 atom stereocenters. The van der Waals surface area contributed by atoms with Crippen LogP contribution in [0.5, 0.6) is 5.75 Å². The number of nitrogens with one attached hydrogen (secondary N) is 1. The Morgan fingerprint density at radius 3 is 3.00 bits per heavy atom. The molecule has 1 aromatic carbocycles. The Morgan fingerprint density at radius 1 is 1.67 bits per heavy atom. The first-order valence-electron chi connectivity index (χ1n) is 4.86. The van der Waals surface area contributed by atoms with Crippen molar-refractivity contribution in [2.75, 3.05) is 6.54 Å². The fraction of sp³-hybridized carbons (Fsp3) is 0.200. The molecule has 1 aromatic rings. The lowest BCUT2D eigenvalue weighted by Gasteiger charge is -2.01. The van der Waals surface area contributed by atoms with Crippen molar-refractivity contribution >= 4 is 27.8 Å². The second-order valence-electron chi connectivity index (χ2n) is 3.19. The number of phenolic OH excluding ortho intramolecular Hbond substituents is 1. The third-order valence-corrected chi connectivity index (χ3v) is 2.38. The van der Waals surface area contributed by atoms with E-state index in [1.54, 1.807) is 0 Å². The van der Waals surface area contributed by atoms with Crippen LogP contribution in [0.1, 0.15) is 12.0 Å². The Kier molecular flexibility index (Phi) is 5.07. The molecule has 0 unspecified atom stereocenters. The second kappa shape index (κ2) is 6.56. The maximum absolute atomic E-state index is 10.7. The van der Waals surface area contributed by atoms with E-state index in [2.05, 4.69) is 26.5 Å². The highest BCUT2D eigenvalue weighted by Crippen LogP contribution is 2.32. The highest BCUT2D eigenvalue weighted by Gasteiger charge is 2.17. The molecule has 0 aromatic heterocycles. The lowest BCUT2D eigenvalue weighted by atomic mass is 10.2. The highest BCUT2D eigenvalue weighted by atomic mass is 79.9. The van der Waals surface area contributed by atoms with Crippen LogP contribution in [0, 0.1) is 21.4 Å². The van der Waals surface area contributed by atoms with Gasteiger partial charge in [0.2, 0.25) is 5.75 Å². The first kappa shape index (κ1) is 13.9. The number of nitro groups is 1. The van der Waals surface area contributed by atoms with Crippen LogP contribution in [0.15, 0.2) is 21.7 Å². The Bertz CT molecular complexity index is 525. The van der Waals surface area contributed by atoms with Gasteiger partial charge in [-0.05, 0) is 6.07 Å². The predicted octanol–water partition coefficient (Wildman–Crippen LogP) is 1.90. The van der Waals surface area contributed by atoms with Crippen LogP contribution in [-0.2, 0) is 0 Å². The average Bonchev–Trinajstić information content (AvgIpc) is 2.32. The topological polar surface area (TPSA) is 112 Å². The van der Waals surface area contributed by atoms with Crippen molar-refractivity contribution < 1.29 is 10.0 Å². The minimum absolute atomic E-state index is 0.209. The molecule has 0 heterocycles. The van der Waals surface area contributed by atoms with Crippen molar-refractivity contribution in [1.29, 1.82) is 5.26 Å². The summed E-state index contributed by atoms with van der Waals surface area (Å²) in [6, 6.07) is 4.63. The summed E-state index contributed by atoms with van der Waals surface area (Å²) in [7, 11) is 0. The molecule has 0 saturated carbocycles. The minimum Gasteiger partial charge on any atom is -0.502 e.